The Labute approximate surface area is 92.1 Å². The average molecular weight is 202 g/mol. The molecule has 0 bridgehead atoms. The lowest BCUT2D eigenvalue weighted by molar-refractivity contribution is 0.180. The monoisotopic (exact) mass is 202 g/mol. The van der Waals surface area contributed by atoms with Crippen molar-refractivity contribution in [3.8, 4) is 11.8 Å². The van der Waals surface area contributed by atoms with Crippen molar-refractivity contribution in [2.24, 2.45) is 0 Å². The molecule has 0 aromatic heterocycles. The highest BCUT2D eigenvalue weighted by atomic mass is 16.3. The molecule has 0 amide bonds. The third-order valence-corrected chi connectivity index (χ3v) is 2.47. The van der Waals surface area contributed by atoms with Crippen molar-refractivity contribution in [2.45, 2.75) is 39.7 Å². The van der Waals surface area contributed by atoms with Gasteiger partial charge in [0, 0.05) is 6.42 Å². The lowest BCUT2D eigenvalue weighted by atomic mass is 9.99. The molecule has 0 spiro atoms. The lowest BCUT2D eigenvalue weighted by Gasteiger charge is -2.10. The summed E-state index contributed by atoms with van der Waals surface area (Å²) in [5.74, 6) is 5.70. The number of aliphatic hydroxyl groups is 1. The molecule has 0 radical (unpaired) electrons. The highest BCUT2D eigenvalue weighted by Crippen LogP contribution is 2.13. The van der Waals surface area contributed by atoms with Crippen LogP contribution in [0.1, 0.15) is 30.0 Å². The summed E-state index contributed by atoms with van der Waals surface area (Å²) < 4.78 is 0. The highest BCUT2D eigenvalue weighted by molar-refractivity contribution is 5.31. The zero-order valence-corrected chi connectivity index (χ0v) is 9.67. The molecule has 0 aliphatic rings. The highest BCUT2D eigenvalue weighted by Gasteiger charge is 2.06. The third-order valence-electron chi connectivity index (χ3n) is 2.47. The van der Waals surface area contributed by atoms with E-state index in [0.717, 1.165) is 0 Å². The SMILES string of the molecule is CC#CCC(O)Cc1cc(C)ccc1C. The van der Waals surface area contributed by atoms with Gasteiger partial charge in [-0.15, -0.1) is 11.8 Å². The molecule has 1 unspecified atom stereocenters. The molecule has 0 fully saturated rings. The van der Waals surface area contributed by atoms with Crippen molar-refractivity contribution < 1.29 is 5.11 Å². The van der Waals surface area contributed by atoms with Crippen LogP contribution in [0.4, 0.5) is 0 Å². The zero-order chi connectivity index (χ0) is 11.3. The van der Waals surface area contributed by atoms with Gasteiger partial charge in [-0.1, -0.05) is 23.8 Å². The van der Waals surface area contributed by atoms with Crippen LogP contribution in [0, 0.1) is 25.7 Å². The van der Waals surface area contributed by atoms with Crippen LogP contribution in [0.2, 0.25) is 0 Å². The van der Waals surface area contributed by atoms with E-state index in [-0.39, 0.29) is 6.10 Å². The Hall–Kier alpha value is -1.26. The van der Waals surface area contributed by atoms with Gasteiger partial charge in [-0.3, -0.25) is 0 Å². The second-order valence-electron chi connectivity index (χ2n) is 3.92. The molecule has 0 aliphatic carbocycles. The molecule has 0 saturated carbocycles. The number of hydrogen-bond donors (Lipinski definition) is 1. The van der Waals surface area contributed by atoms with Gasteiger partial charge in [0.05, 0.1) is 6.10 Å². The summed E-state index contributed by atoms with van der Waals surface area (Å²) >= 11 is 0. The number of hydrogen-bond acceptors (Lipinski definition) is 1. The van der Waals surface area contributed by atoms with Crippen LogP contribution >= 0.6 is 0 Å². The Kier molecular flexibility index (Phi) is 4.39. The van der Waals surface area contributed by atoms with E-state index in [2.05, 4.69) is 43.9 Å². The molecule has 0 heterocycles. The molecule has 1 N–H and O–H groups in total. The van der Waals surface area contributed by atoms with Gasteiger partial charge in [-0.2, -0.15) is 0 Å². The predicted octanol–water partition coefficient (Wildman–Crippen LogP) is 2.62. The summed E-state index contributed by atoms with van der Waals surface area (Å²) in [6, 6.07) is 6.33. The van der Waals surface area contributed by atoms with E-state index in [0.29, 0.717) is 12.8 Å². The van der Waals surface area contributed by atoms with Crippen LogP contribution in [0.5, 0.6) is 0 Å². The van der Waals surface area contributed by atoms with Gasteiger partial charge in [-0.05, 0) is 38.3 Å². The second kappa shape index (κ2) is 5.58. The van der Waals surface area contributed by atoms with E-state index in [1.165, 1.54) is 16.7 Å². The fraction of sp³-hybridized carbons (Fsp3) is 0.429. The molecule has 0 aliphatic heterocycles. The fourth-order valence-corrected chi connectivity index (χ4v) is 1.57. The topological polar surface area (TPSA) is 20.2 Å². The van der Waals surface area contributed by atoms with Crippen LogP contribution in [-0.4, -0.2) is 11.2 Å². The molecule has 1 aromatic carbocycles. The smallest absolute Gasteiger partial charge is 0.0689 e. The van der Waals surface area contributed by atoms with Gasteiger partial charge in [0.25, 0.3) is 0 Å². The van der Waals surface area contributed by atoms with Crippen molar-refractivity contribution in [1.82, 2.24) is 0 Å². The number of aryl methyl sites for hydroxylation is 2. The Morgan fingerprint density at radius 2 is 2.07 bits per heavy atom. The minimum atomic E-state index is -0.349. The van der Waals surface area contributed by atoms with Crippen molar-refractivity contribution >= 4 is 0 Å². The maximum Gasteiger partial charge on any atom is 0.0689 e. The van der Waals surface area contributed by atoms with Crippen LogP contribution in [0.25, 0.3) is 0 Å². The molecule has 1 atom stereocenters. The Morgan fingerprint density at radius 1 is 1.33 bits per heavy atom. The van der Waals surface area contributed by atoms with E-state index in [1.54, 1.807) is 6.92 Å². The quantitative estimate of drug-likeness (QED) is 0.747. The number of rotatable bonds is 3. The molecule has 0 saturated heterocycles. The van der Waals surface area contributed by atoms with Gasteiger partial charge in [0.2, 0.25) is 0 Å². The number of benzene rings is 1. The summed E-state index contributed by atoms with van der Waals surface area (Å²) in [5.41, 5.74) is 3.70. The first-order valence-corrected chi connectivity index (χ1v) is 5.27. The van der Waals surface area contributed by atoms with E-state index in [1.807, 2.05) is 0 Å². The van der Waals surface area contributed by atoms with Gasteiger partial charge in [-0.25, -0.2) is 0 Å². The average Bonchev–Trinajstić information content (AvgIpc) is 2.20. The Bertz CT molecular complexity index is 382. The third kappa shape index (κ3) is 3.77. The summed E-state index contributed by atoms with van der Waals surface area (Å²) in [6.45, 7) is 5.94. The van der Waals surface area contributed by atoms with E-state index >= 15 is 0 Å². The Balaban J connectivity index is 2.69. The van der Waals surface area contributed by atoms with Crippen LogP contribution in [-0.2, 0) is 6.42 Å². The van der Waals surface area contributed by atoms with E-state index in [4.69, 9.17) is 0 Å². The van der Waals surface area contributed by atoms with Crippen molar-refractivity contribution in [3.63, 3.8) is 0 Å². The molecule has 1 rings (SSSR count). The second-order valence-corrected chi connectivity index (χ2v) is 3.92. The molecule has 1 aromatic rings. The molecule has 1 nitrogen and oxygen atoms in total. The van der Waals surface area contributed by atoms with Crippen molar-refractivity contribution in [1.29, 1.82) is 0 Å². The molecule has 80 valence electrons. The van der Waals surface area contributed by atoms with Crippen LogP contribution in [0.3, 0.4) is 0 Å². The van der Waals surface area contributed by atoms with Gasteiger partial charge >= 0.3 is 0 Å². The van der Waals surface area contributed by atoms with E-state index in [9.17, 15) is 5.11 Å². The molecular formula is C14H18O. The predicted molar refractivity (Wildman–Crippen MR) is 63.7 cm³/mol. The largest absolute Gasteiger partial charge is 0.392 e. The van der Waals surface area contributed by atoms with Gasteiger partial charge in [0.15, 0.2) is 0 Å². The lowest BCUT2D eigenvalue weighted by Crippen LogP contribution is -2.10. The Morgan fingerprint density at radius 3 is 2.73 bits per heavy atom. The standard InChI is InChI=1S/C14H18O/c1-4-5-6-14(15)10-13-9-11(2)7-8-12(13)3/h7-9,14-15H,6,10H2,1-3H3. The first kappa shape index (κ1) is 11.8. The summed E-state index contributed by atoms with van der Waals surface area (Å²) in [6.07, 6.45) is 0.907. The van der Waals surface area contributed by atoms with Gasteiger partial charge < -0.3 is 5.11 Å². The maximum absolute atomic E-state index is 9.75. The van der Waals surface area contributed by atoms with Crippen molar-refractivity contribution in [3.05, 3.63) is 34.9 Å². The minimum absolute atomic E-state index is 0.349. The minimum Gasteiger partial charge on any atom is -0.392 e. The fourth-order valence-electron chi connectivity index (χ4n) is 1.57. The zero-order valence-electron chi connectivity index (χ0n) is 9.67. The number of aliphatic hydroxyl groups excluding tert-OH is 1. The van der Waals surface area contributed by atoms with Crippen LogP contribution in [0.15, 0.2) is 18.2 Å². The summed E-state index contributed by atoms with van der Waals surface area (Å²) in [5, 5.41) is 9.75. The van der Waals surface area contributed by atoms with E-state index < -0.39 is 0 Å². The molecule has 1 heteroatoms. The first-order chi connectivity index (χ1) is 7.13. The summed E-state index contributed by atoms with van der Waals surface area (Å²) in [7, 11) is 0. The molecule has 15 heavy (non-hydrogen) atoms. The normalized spacial score (nSPS) is 11.7. The first-order valence-electron chi connectivity index (χ1n) is 5.27. The van der Waals surface area contributed by atoms with Crippen LogP contribution < -0.4 is 0 Å². The molecular weight excluding hydrogens is 184 g/mol. The summed E-state index contributed by atoms with van der Waals surface area (Å²) in [4.78, 5) is 0. The van der Waals surface area contributed by atoms with Gasteiger partial charge in [0.1, 0.15) is 0 Å². The van der Waals surface area contributed by atoms with Crippen molar-refractivity contribution in [2.75, 3.05) is 0 Å². The maximum atomic E-state index is 9.75.